The van der Waals surface area contributed by atoms with Crippen LogP contribution >= 0.6 is 11.3 Å². The Morgan fingerprint density at radius 1 is 0.295 bits per heavy atom. The van der Waals surface area contributed by atoms with Crippen molar-refractivity contribution in [2.45, 2.75) is 0 Å². The van der Waals surface area contributed by atoms with Crippen molar-refractivity contribution in [1.29, 1.82) is 0 Å². The first kappa shape index (κ1) is 35.2. The molecule has 2 nitrogen and oxygen atoms in total. The van der Waals surface area contributed by atoms with Crippen LogP contribution in [0.4, 0.5) is 17.1 Å². The second-order valence-electron chi connectivity index (χ2n) is 15.8. The summed E-state index contributed by atoms with van der Waals surface area (Å²) in [5.74, 6) is 0. The molecule has 2 aromatic heterocycles. The molecule has 3 heteroatoms. The highest BCUT2D eigenvalue weighted by atomic mass is 32.1. The Bertz CT molecular complexity index is 3500. The van der Waals surface area contributed by atoms with E-state index >= 15 is 0 Å². The van der Waals surface area contributed by atoms with Crippen LogP contribution in [0, 0.1) is 0 Å². The van der Waals surface area contributed by atoms with E-state index in [1.807, 2.05) is 11.3 Å². The second-order valence-corrected chi connectivity index (χ2v) is 16.8. The summed E-state index contributed by atoms with van der Waals surface area (Å²) in [4.78, 5) is 2.36. The Balaban J connectivity index is 0.893. The summed E-state index contributed by atoms with van der Waals surface area (Å²) in [7, 11) is 0. The average Bonchev–Trinajstić information content (AvgIpc) is 3.88. The zero-order valence-electron chi connectivity index (χ0n) is 33.2. The molecule has 61 heavy (non-hydrogen) atoms. The molecular formula is C58H38N2S. The Labute approximate surface area is 358 Å². The molecule has 12 rings (SSSR count). The van der Waals surface area contributed by atoms with Crippen molar-refractivity contribution in [3.8, 4) is 39.1 Å². The third-order valence-electron chi connectivity index (χ3n) is 12.2. The normalized spacial score (nSPS) is 11.6. The molecule has 286 valence electrons. The van der Waals surface area contributed by atoms with Gasteiger partial charge in [0.2, 0.25) is 0 Å². The summed E-state index contributed by atoms with van der Waals surface area (Å²) in [6.45, 7) is 0. The maximum absolute atomic E-state index is 2.37. The highest BCUT2D eigenvalue weighted by Gasteiger charge is 2.16. The Kier molecular flexibility index (Phi) is 8.39. The summed E-state index contributed by atoms with van der Waals surface area (Å²) in [6, 6.07) is 84.2. The number of hydrogen-bond acceptors (Lipinski definition) is 2. The van der Waals surface area contributed by atoms with Crippen molar-refractivity contribution in [3.05, 3.63) is 231 Å². The number of hydrogen-bond donors (Lipinski definition) is 0. The number of para-hydroxylation sites is 2. The molecule has 2 heterocycles. The minimum Gasteiger partial charge on any atom is -0.311 e. The van der Waals surface area contributed by atoms with Crippen molar-refractivity contribution in [2.24, 2.45) is 0 Å². The Morgan fingerprint density at radius 3 is 1.33 bits per heavy atom. The van der Waals surface area contributed by atoms with E-state index in [0.29, 0.717) is 0 Å². The third kappa shape index (κ3) is 6.18. The quantitative estimate of drug-likeness (QED) is 0.156. The minimum atomic E-state index is 1.10. The first-order chi connectivity index (χ1) is 30.2. The lowest BCUT2D eigenvalue weighted by molar-refractivity contribution is 1.18. The Morgan fingerprint density at radius 2 is 0.721 bits per heavy atom. The molecule has 0 amide bonds. The lowest BCUT2D eigenvalue weighted by atomic mass is 10.00. The fraction of sp³-hybridized carbons (Fsp3) is 0. The summed E-state index contributed by atoms with van der Waals surface area (Å²) in [5.41, 5.74) is 14.1. The van der Waals surface area contributed by atoms with Gasteiger partial charge in [0.25, 0.3) is 0 Å². The molecule has 0 unspecified atom stereocenters. The zero-order valence-corrected chi connectivity index (χ0v) is 34.1. The van der Waals surface area contributed by atoms with E-state index in [0.717, 1.165) is 22.7 Å². The van der Waals surface area contributed by atoms with Gasteiger partial charge in [-0.1, -0.05) is 146 Å². The minimum absolute atomic E-state index is 1.10. The molecule has 0 bridgehead atoms. The van der Waals surface area contributed by atoms with Crippen molar-refractivity contribution in [2.75, 3.05) is 4.90 Å². The number of aromatic nitrogens is 1. The average molecular weight is 795 g/mol. The van der Waals surface area contributed by atoms with Crippen LogP contribution in [-0.2, 0) is 0 Å². The maximum atomic E-state index is 2.37. The largest absolute Gasteiger partial charge is 0.311 e. The molecule has 0 aliphatic rings. The zero-order chi connectivity index (χ0) is 40.3. The van der Waals surface area contributed by atoms with Crippen molar-refractivity contribution < 1.29 is 0 Å². The van der Waals surface area contributed by atoms with Crippen molar-refractivity contribution in [1.82, 2.24) is 4.57 Å². The first-order valence-electron chi connectivity index (χ1n) is 20.8. The van der Waals surface area contributed by atoms with E-state index in [4.69, 9.17) is 0 Å². The highest BCUT2D eigenvalue weighted by molar-refractivity contribution is 7.25. The van der Waals surface area contributed by atoms with E-state index in [-0.39, 0.29) is 0 Å². The number of nitrogens with zero attached hydrogens (tertiary/aromatic N) is 2. The molecule has 0 atom stereocenters. The number of thiophene rings is 1. The third-order valence-corrected chi connectivity index (χ3v) is 13.4. The van der Waals surface area contributed by atoms with Crippen LogP contribution in [0.2, 0.25) is 0 Å². The van der Waals surface area contributed by atoms with E-state index in [1.54, 1.807) is 0 Å². The number of rotatable bonds is 7. The van der Waals surface area contributed by atoms with Crippen LogP contribution in [0.25, 0.3) is 91.8 Å². The van der Waals surface area contributed by atoms with Crippen LogP contribution in [0.1, 0.15) is 0 Å². The molecule has 0 aliphatic carbocycles. The lowest BCUT2D eigenvalue weighted by Crippen LogP contribution is -2.09. The van der Waals surface area contributed by atoms with E-state index in [2.05, 4.69) is 240 Å². The lowest BCUT2D eigenvalue weighted by Gasteiger charge is -2.26. The van der Waals surface area contributed by atoms with Gasteiger partial charge in [-0.2, -0.15) is 0 Å². The molecule has 0 saturated heterocycles. The molecule has 0 saturated carbocycles. The standard InChI is InChI=1S/C58H38N2S/c1-2-10-44-37-45(18-17-39(44)9-1)42-23-30-48(31-24-42)59(49-32-25-43(26-33-49)46-27-36-58-54(38-46)53-13-5-8-16-57(53)61-58)47-28-19-40(20-29-47)41-21-34-50(35-22-41)60-55-14-6-3-11-51(55)52-12-4-7-15-56(52)60/h1-38H. The molecule has 0 N–H and O–H groups in total. The summed E-state index contributed by atoms with van der Waals surface area (Å²) < 4.78 is 5.02. The molecule has 0 radical (unpaired) electrons. The highest BCUT2D eigenvalue weighted by Crippen LogP contribution is 2.40. The SMILES string of the molecule is c1ccc2cc(-c3ccc(N(c4ccc(-c5ccc(-n6c7ccccc7c7ccccc76)cc5)cc4)c4ccc(-c5ccc6sc7ccccc7c6c5)cc4)cc3)ccc2c1. The van der Waals surface area contributed by atoms with Crippen molar-refractivity contribution >= 4 is 81.1 Å². The molecule has 0 spiro atoms. The predicted molar refractivity (Wildman–Crippen MR) is 262 cm³/mol. The van der Waals surface area contributed by atoms with Gasteiger partial charge in [-0.05, 0) is 129 Å². The fourth-order valence-electron chi connectivity index (χ4n) is 9.13. The van der Waals surface area contributed by atoms with Crippen LogP contribution < -0.4 is 4.90 Å². The summed E-state index contributed by atoms with van der Waals surface area (Å²) in [5, 5.41) is 7.68. The van der Waals surface area contributed by atoms with Crippen LogP contribution in [0.3, 0.4) is 0 Å². The summed E-state index contributed by atoms with van der Waals surface area (Å²) >= 11 is 1.86. The van der Waals surface area contributed by atoms with Gasteiger partial charge in [0.05, 0.1) is 11.0 Å². The molecule has 0 fully saturated rings. The maximum Gasteiger partial charge on any atom is 0.0541 e. The first-order valence-corrected chi connectivity index (χ1v) is 21.6. The number of anilines is 3. The molecule has 0 aliphatic heterocycles. The number of benzene rings is 10. The fourth-order valence-corrected chi connectivity index (χ4v) is 10.2. The molecular weight excluding hydrogens is 757 g/mol. The molecule has 12 aromatic rings. The molecule has 10 aromatic carbocycles. The van der Waals surface area contributed by atoms with Gasteiger partial charge in [0.15, 0.2) is 0 Å². The van der Waals surface area contributed by atoms with Crippen LogP contribution in [-0.4, -0.2) is 4.57 Å². The van der Waals surface area contributed by atoms with Gasteiger partial charge >= 0.3 is 0 Å². The van der Waals surface area contributed by atoms with Gasteiger partial charge in [-0.15, -0.1) is 11.3 Å². The van der Waals surface area contributed by atoms with E-state index in [9.17, 15) is 0 Å². The van der Waals surface area contributed by atoms with Crippen LogP contribution in [0.15, 0.2) is 231 Å². The smallest absolute Gasteiger partial charge is 0.0541 e. The summed E-state index contributed by atoms with van der Waals surface area (Å²) in [6.07, 6.45) is 0. The predicted octanol–water partition coefficient (Wildman–Crippen LogP) is 16.8. The van der Waals surface area contributed by atoms with Gasteiger partial charge in [0.1, 0.15) is 0 Å². The number of fused-ring (bicyclic) bond motifs is 7. The van der Waals surface area contributed by atoms with Gasteiger partial charge < -0.3 is 9.47 Å². The topological polar surface area (TPSA) is 8.17 Å². The monoisotopic (exact) mass is 794 g/mol. The van der Waals surface area contributed by atoms with Gasteiger partial charge in [-0.3, -0.25) is 0 Å². The van der Waals surface area contributed by atoms with Gasteiger partial charge in [0, 0.05) is 53.7 Å². The van der Waals surface area contributed by atoms with Crippen molar-refractivity contribution in [3.63, 3.8) is 0 Å². The van der Waals surface area contributed by atoms with E-state index in [1.165, 1.54) is 86.1 Å². The van der Waals surface area contributed by atoms with Crippen LogP contribution in [0.5, 0.6) is 0 Å². The second kappa shape index (κ2) is 14.5. The Hall–Kier alpha value is -7.72. The van der Waals surface area contributed by atoms with Gasteiger partial charge in [-0.25, -0.2) is 0 Å². The van der Waals surface area contributed by atoms with E-state index < -0.39 is 0 Å².